The van der Waals surface area contributed by atoms with E-state index in [0.29, 0.717) is 13.1 Å². The van der Waals surface area contributed by atoms with Crippen LogP contribution in [0.1, 0.15) is 12.0 Å². The first kappa shape index (κ1) is 12.3. The molecule has 0 spiro atoms. The highest BCUT2D eigenvalue weighted by atomic mass is 127. The summed E-state index contributed by atoms with van der Waals surface area (Å²) in [5.41, 5.74) is 1.03. The molecule has 1 amide bonds. The lowest BCUT2D eigenvalue weighted by molar-refractivity contribution is -0.141. The second kappa shape index (κ2) is 5.03. The zero-order valence-corrected chi connectivity index (χ0v) is 11.3. The van der Waals surface area contributed by atoms with Crippen LogP contribution in [0.25, 0.3) is 0 Å². The van der Waals surface area contributed by atoms with Crippen LogP contribution >= 0.6 is 22.6 Å². The van der Waals surface area contributed by atoms with Gasteiger partial charge in [-0.2, -0.15) is 0 Å². The number of rotatable bonds is 3. The SMILES string of the molecule is O=C(O)C1CC(=O)N(Cc2ccc(I)cc2)C1. The lowest BCUT2D eigenvalue weighted by Gasteiger charge is -2.15. The molecule has 1 aromatic rings. The van der Waals surface area contributed by atoms with Crippen LogP contribution in [-0.4, -0.2) is 28.4 Å². The fourth-order valence-corrected chi connectivity index (χ4v) is 2.26. The molecule has 0 aliphatic carbocycles. The molecule has 2 rings (SSSR count). The summed E-state index contributed by atoms with van der Waals surface area (Å²) in [6.45, 7) is 0.819. The molecule has 5 heteroatoms. The third-order valence-electron chi connectivity index (χ3n) is 2.85. The van der Waals surface area contributed by atoms with Gasteiger partial charge in [0.1, 0.15) is 0 Å². The van der Waals surface area contributed by atoms with Gasteiger partial charge >= 0.3 is 5.97 Å². The van der Waals surface area contributed by atoms with Gasteiger partial charge in [-0.3, -0.25) is 9.59 Å². The van der Waals surface area contributed by atoms with Crippen LogP contribution in [0.3, 0.4) is 0 Å². The van der Waals surface area contributed by atoms with Crippen LogP contribution in [0, 0.1) is 9.49 Å². The van der Waals surface area contributed by atoms with Crippen LogP contribution in [0.15, 0.2) is 24.3 Å². The molecular weight excluding hydrogens is 333 g/mol. The third kappa shape index (κ3) is 2.96. The molecule has 1 heterocycles. The summed E-state index contributed by atoms with van der Waals surface area (Å²) in [7, 11) is 0. The van der Waals surface area contributed by atoms with E-state index in [-0.39, 0.29) is 12.3 Å². The molecule has 0 aromatic heterocycles. The number of carboxylic acids is 1. The summed E-state index contributed by atoms with van der Waals surface area (Å²) >= 11 is 2.22. The summed E-state index contributed by atoms with van der Waals surface area (Å²) in [4.78, 5) is 24.0. The monoisotopic (exact) mass is 345 g/mol. The Bertz CT molecular complexity index is 444. The van der Waals surface area contributed by atoms with Gasteiger partial charge < -0.3 is 10.0 Å². The Hall–Kier alpha value is -1.11. The van der Waals surface area contributed by atoms with E-state index in [0.717, 1.165) is 9.13 Å². The highest BCUT2D eigenvalue weighted by molar-refractivity contribution is 14.1. The number of nitrogens with zero attached hydrogens (tertiary/aromatic N) is 1. The van der Waals surface area contributed by atoms with Crippen LogP contribution < -0.4 is 0 Å². The van der Waals surface area contributed by atoms with E-state index >= 15 is 0 Å². The van der Waals surface area contributed by atoms with Crippen molar-refractivity contribution in [2.75, 3.05) is 6.54 Å². The van der Waals surface area contributed by atoms with Gasteiger partial charge in [0.25, 0.3) is 0 Å². The van der Waals surface area contributed by atoms with Crippen LogP contribution in [0.4, 0.5) is 0 Å². The van der Waals surface area contributed by atoms with Crippen molar-refractivity contribution in [2.24, 2.45) is 5.92 Å². The normalized spacial score (nSPS) is 19.7. The first-order valence-corrected chi connectivity index (χ1v) is 6.39. The molecule has 1 atom stereocenters. The zero-order chi connectivity index (χ0) is 12.4. The lowest BCUT2D eigenvalue weighted by atomic mass is 10.1. The Balaban J connectivity index is 2.02. The summed E-state index contributed by atoms with van der Waals surface area (Å²) in [6, 6.07) is 7.88. The Kier molecular flexibility index (Phi) is 3.66. The van der Waals surface area contributed by atoms with E-state index in [1.54, 1.807) is 4.90 Å². The first-order valence-electron chi connectivity index (χ1n) is 5.31. The van der Waals surface area contributed by atoms with E-state index in [1.165, 1.54) is 0 Å². The minimum absolute atomic E-state index is 0.0732. The maximum Gasteiger partial charge on any atom is 0.308 e. The predicted octanol–water partition coefficient (Wildman–Crippen LogP) is 1.72. The van der Waals surface area contributed by atoms with Crippen molar-refractivity contribution >= 4 is 34.5 Å². The van der Waals surface area contributed by atoms with E-state index in [9.17, 15) is 9.59 Å². The average molecular weight is 345 g/mol. The van der Waals surface area contributed by atoms with Crippen LogP contribution in [-0.2, 0) is 16.1 Å². The van der Waals surface area contributed by atoms with Gasteiger partial charge in [0.2, 0.25) is 5.91 Å². The molecule has 1 aromatic carbocycles. The van der Waals surface area contributed by atoms with Gasteiger partial charge in [-0.05, 0) is 40.3 Å². The van der Waals surface area contributed by atoms with Gasteiger partial charge in [0, 0.05) is 23.1 Å². The molecular formula is C12H12INO3. The van der Waals surface area contributed by atoms with E-state index < -0.39 is 11.9 Å². The molecule has 0 bridgehead atoms. The number of hydrogen-bond acceptors (Lipinski definition) is 2. The second-order valence-electron chi connectivity index (χ2n) is 4.14. The van der Waals surface area contributed by atoms with Crippen molar-refractivity contribution in [1.82, 2.24) is 4.90 Å². The van der Waals surface area contributed by atoms with Gasteiger partial charge in [0.15, 0.2) is 0 Å². The van der Waals surface area contributed by atoms with E-state index in [4.69, 9.17) is 5.11 Å². The van der Waals surface area contributed by atoms with Crippen LogP contribution in [0.2, 0.25) is 0 Å². The number of aliphatic carboxylic acids is 1. The van der Waals surface area contributed by atoms with Gasteiger partial charge in [-0.1, -0.05) is 12.1 Å². The molecule has 90 valence electrons. The molecule has 0 radical (unpaired) electrons. The Labute approximate surface area is 113 Å². The van der Waals surface area contributed by atoms with Crippen LogP contribution in [0.5, 0.6) is 0 Å². The minimum Gasteiger partial charge on any atom is -0.481 e. The molecule has 1 aliphatic rings. The summed E-state index contributed by atoms with van der Waals surface area (Å²) < 4.78 is 1.14. The molecule has 4 nitrogen and oxygen atoms in total. The van der Waals surface area contributed by atoms with Crippen molar-refractivity contribution in [3.05, 3.63) is 33.4 Å². The topological polar surface area (TPSA) is 57.6 Å². The minimum atomic E-state index is -0.886. The summed E-state index contributed by atoms with van der Waals surface area (Å²) in [6.07, 6.45) is 0.125. The van der Waals surface area contributed by atoms with Crippen molar-refractivity contribution < 1.29 is 14.7 Å². The fraction of sp³-hybridized carbons (Fsp3) is 0.333. The molecule has 1 saturated heterocycles. The maximum atomic E-state index is 11.6. The molecule has 1 aliphatic heterocycles. The molecule has 1 unspecified atom stereocenters. The summed E-state index contributed by atoms with van der Waals surface area (Å²) in [5.74, 6) is -1.51. The zero-order valence-electron chi connectivity index (χ0n) is 9.10. The molecule has 0 saturated carbocycles. The van der Waals surface area contributed by atoms with Gasteiger partial charge in [0.05, 0.1) is 5.92 Å². The molecule has 1 N–H and O–H groups in total. The van der Waals surface area contributed by atoms with Crippen molar-refractivity contribution in [3.8, 4) is 0 Å². The number of hydrogen-bond donors (Lipinski definition) is 1. The van der Waals surface area contributed by atoms with Crippen molar-refractivity contribution in [1.29, 1.82) is 0 Å². The van der Waals surface area contributed by atoms with Gasteiger partial charge in [-0.15, -0.1) is 0 Å². The van der Waals surface area contributed by atoms with Gasteiger partial charge in [-0.25, -0.2) is 0 Å². The number of benzene rings is 1. The first-order chi connectivity index (χ1) is 8.06. The average Bonchev–Trinajstić information content (AvgIpc) is 2.64. The Morgan fingerprint density at radius 2 is 2.06 bits per heavy atom. The largest absolute Gasteiger partial charge is 0.481 e. The number of likely N-dealkylation sites (tertiary alicyclic amines) is 1. The van der Waals surface area contributed by atoms with Crippen molar-refractivity contribution in [3.63, 3.8) is 0 Å². The maximum absolute atomic E-state index is 11.6. The predicted molar refractivity (Wildman–Crippen MR) is 70.3 cm³/mol. The smallest absolute Gasteiger partial charge is 0.308 e. The Morgan fingerprint density at radius 1 is 1.41 bits per heavy atom. The quantitative estimate of drug-likeness (QED) is 0.849. The molecule has 1 fully saturated rings. The van der Waals surface area contributed by atoms with Crippen molar-refractivity contribution in [2.45, 2.75) is 13.0 Å². The standard InChI is InChI=1S/C12H12INO3/c13-10-3-1-8(2-4-10)6-14-7-9(12(16)17)5-11(14)15/h1-4,9H,5-7H2,(H,16,17). The summed E-state index contributed by atoms with van der Waals surface area (Å²) in [5, 5.41) is 8.87. The third-order valence-corrected chi connectivity index (χ3v) is 3.57. The molecule has 17 heavy (non-hydrogen) atoms. The second-order valence-corrected chi connectivity index (χ2v) is 5.39. The number of amides is 1. The van der Waals surface area contributed by atoms with E-state index in [1.807, 2.05) is 24.3 Å². The number of halogens is 1. The lowest BCUT2D eigenvalue weighted by Crippen LogP contribution is -2.25. The number of carbonyl (C=O) groups excluding carboxylic acids is 1. The van der Waals surface area contributed by atoms with E-state index in [2.05, 4.69) is 22.6 Å². The highest BCUT2D eigenvalue weighted by Gasteiger charge is 2.33. The fourth-order valence-electron chi connectivity index (χ4n) is 1.90. The number of carboxylic acid groups (broad SMARTS) is 1. The highest BCUT2D eigenvalue weighted by Crippen LogP contribution is 2.20. The number of carbonyl (C=O) groups is 2. The Morgan fingerprint density at radius 3 is 2.59 bits per heavy atom.